The van der Waals surface area contributed by atoms with Gasteiger partial charge in [-0.2, -0.15) is 0 Å². The molecule has 4 nitrogen and oxygen atoms in total. The molecular weight excluding hydrogens is 314 g/mol. The van der Waals surface area contributed by atoms with Gasteiger partial charge in [-0.05, 0) is 33.8 Å². The Morgan fingerprint density at radius 3 is 2.75 bits per heavy atom. The molecule has 1 atom stereocenters. The van der Waals surface area contributed by atoms with Gasteiger partial charge in [-0.15, -0.1) is 11.3 Å². The molecule has 7 heteroatoms. The van der Waals surface area contributed by atoms with Crippen molar-refractivity contribution in [2.75, 3.05) is 13.7 Å². The van der Waals surface area contributed by atoms with Gasteiger partial charge in [0.1, 0.15) is 4.21 Å². The van der Waals surface area contributed by atoms with Gasteiger partial charge < -0.3 is 4.74 Å². The first-order chi connectivity index (χ1) is 7.51. The zero-order valence-corrected chi connectivity index (χ0v) is 12.3. The summed E-state index contributed by atoms with van der Waals surface area (Å²) in [6.07, 6.45) is 0.691. The molecule has 0 bridgehead atoms. The third kappa shape index (κ3) is 3.53. The van der Waals surface area contributed by atoms with E-state index < -0.39 is 10.0 Å². The lowest BCUT2D eigenvalue weighted by Gasteiger charge is -2.15. The van der Waals surface area contributed by atoms with Crippen LogP contribution in [0.5, 0.6) is 0 Å². The van der Waals surface area contributed by atoms with Crippen molar-refractivity contribution in [1.29, 1.82) is 0 Å². The second-order valence-corrected chi connectivity index (χ2v) is 6.92. The van der Waals surface area contributed by atoms with E-state index >= 15 is 0 Å². The number of sulfonamides is 1. The van der Waals surface area contributed by atoms with Crippen LogP contribution in [-0.2, 0) is 14.8 Å². The fourth-order valence-electron chi connectivity index (χ4n) is 1.18. The molecule has 1 heterocycles. The van der Waals surface area contributed by atoms with E-state index in [1.165, 1.54) is 11.3 Å². The van der Waals surface area contributed by atoms with Crippen LogP contribution in [0.25, 0.3) is 0 Å². The number of thiophene rings is 1. The molecule has 0 radical (unpaired) electrons. The Kier molecular flexibility index (Phi) is 5.39. The van der Waals surface area contributed by atoms with Crippen LogP contribution in [0.1, 0.15) is 13.3 Å². The normalized spacial score (nSPS) is 13.9. The number of methoxy groups -OCH3 is 1. The maximum atomic E-state index is 12.0. The fourth-order valence-corrected chi connectivity index (χ4v) is 4.84. The van der Waals surface area contributed by atoms with Crippen LogP contribution < -0.4 is 4.72 Å². The molecule has 1 N–H and O–H groups in total. The lowest BCUT2D eigenvalue weighted by Crippen LogP contribution is -2.37. The summed E-state index contributed by atoms with van der Waals surface area (Å²) < 4.78 is 32.4. The SMILES string of the molecule is CCC(COC)NS(=O)(=O)c1sccc1Br. The minimum Gasteiger partial charge on any atom is -0.383 e. The van der Waals surface area contributed by atoms with Gasteiger partial charge in [0.25, 0.3) is 10.0 Å². The second-order valence-electron chi connectivity index (χ2n) is 3.24. The van der Waals surface area contributed by atoms with Gasteiger partial charge in [0, 0.05) is 17.6 Å². The van der Waals surface area contributed by atoms with E-state index in [4.69, 9.17) is 4.74 Å². The van der Waals surface area contributed by atoms with E-state index in [1.807, 2.05) is 6.92 Å². The molecule has 1 aromatic heterocycles. The van der Waals surface area contributed by atoms with Crippen molar-refractivity contribution in [3.63, 3.8) is 0 Å². The summed E-state index contributed by atoms with van der Waals surface area (Å²) in [5.41, 5.74) is 0. The molecule has 0 aliphatic rings. The first-order valence-corrected chi connectivity index (χ1v) is 7.91. The third-order valence-corrected chi connectivity index (χ3v) is 6.20. The van der Waals surface area contributed by atoms with E-state index in [0.29, 0.717) is 21.7 Å². The van der Waals surface area contributed by atoms with Crippen molar-refractivity contribution >= 4 is 37.3 Å². The van der Waals surface area contributed by atoms with Crippen LogP contribution in [0.2, 0.25) is 0 Å². The Hall–Kier alpha value is 0.0500. The number of rotatable bonds is 6. The second kappa shape index (κ2) is 6.11. The Labute approximate surface area is 108 Å². The topological polar surface area (TPSA) is 55.4 Å². The van der Waals surface area contributed by atoms with E-state index in [-0.39, 0.29) is 6.04 Å². The molecule has 0 saturated carbocycles. The summed E-state index contributed by atoms with van der Waals surface area (Å²) in [6.45, 7) is 2.29. The molecule has 0 aliphatic carbocycles. The van der Waals surface area contributed by atoms with Gasteiger partial charge in [-0.3, -0.25) is 0 Å². The summed E-state index contributed by atoms with van der Waals surface area (Å²) in [5.74, 6) is 0. The van der Waals surface area contributed by atoms with E-state index in [0.717, 1.165) is 0 Å². The van der Waals surface area contributed by atoms with Gasteiger partial charge in [0.2, 0.25) is 0 Å². The molecule has 0 fully saturated rings. The quantitative estimate of drug-likeness (QED) is 0.871. The smallest absolute Gasteiger partial charge is 0.251 e. The van der Waals surface area contributed by atoms with Crippen LogP contribution in [0.4, 0.5) is 0 Å². The Bertz CT molecular complexity index is 430. The van der Waals surface area contributed by atoms with Crippen molar-refractivity contribution < 1.29 is 13.2 Å². The molecule has 0 aliphatic heterocycles. The van der Waals surface area contributed by atoms with Gasteiger partial charge in [0.05, 0.1) is 6.61 Å². The molecule has 1 rings (SSSR count). The zero-order chi connectivity index (χ0) is 12.2. The predicted octanol–water partition coefficient (Wildman–Crippen LogP) is 2.21. The summed E-state index contributed by atoms with van der Waals surface area (Å²) >= 11 is 4.40. The highest BCUT2D eigenvalue weighted by Gasteiger charge is 2.22. The van der Waals surface area contributed by atoms with Crippen molar-refractivity contribution in [2.45, 2.75) is 23.6 Å². The number of hydrogen-bond acceptors (Lipinski definition) is 4. The highest BCUT2D eigenvalue weighted by atomic mass is 79.9. The molecule has 1 aromatic rings. The maximum Gasteiger partial charge on any atom is 0.251 e. The third-order valence-electron chi connectivity index (χ3n) is 2.01. The Morgan fingerprint density at radius 1 is 1.62 bits per heavy atom. The molecule has 0 spiro atoms. The number of nitrogens with one attached hydrogen (secondary N) is 1. The summed E-state index contributed by atoms with van der Waals surface area (Å²) in [4.78, 5) is 0. The standard InChI is InChI=1S/C9H14BrNO3S2/c1-3-7(6-14-2)11-16(12,13)9-8(10)4-5-15-9/h4-5,7,11H,3,6H2,1-2H3. The van der Waals surface area contributed by atoms with Crippen molar-refractivity contribution in [1.82, 2.24) is 4.72 Å². The maximum absolute atomic E-state index is 12.0. The summed E-state index contributed by atoms with van der Waals surface area (Å²) in [5, 5.41) is 1.73. The van der Waals surface area contributed by atoms with Gasteiger partial charge in [-0.25, -0.2) is 13.1 Å². The predicted molar refractivity (Wildman–Crippen MR) is 68.3 cm³/mol. The van der Waals surface area contributed by atoms with Crippen LogP contribution >= 0.6 is 27.3 Å². The zero-order valence-electron chi connectivity index (χ0n) is 9.07. The molecule has 16 heavy (non-hydrogen) atoms. The molecule has 0 amide bonds. The molecule has 1 unspecified atom stereocenters. The summed E-state index contributed by atoms with van der Waals surface area (Å²) in [7, 11) is -1.89. The van der Waals surface area contributed by atoms with Gasteiger partial charge in [-0.1, -0.05) is 6.92 Å². The van der Waals surface area contributed by atoms with Crippen LogP contribution in [0.15, 0.2) is 20.1 Å². The van der Waals surface area contributed by atoms with Crippen LogP contribution in [0, 0.1) is 0 Å². The van der Waals surface area contributed by atoms with Crippen molar-refractivity contribution in [2.24, 2.45) is 0 Å². The molecular formula is C9H14BrNO3S2. The average molecular weight is 328 g/mol. The number of hydrogen-bond donors (Lipinski definition) is 1. The van der Waals surface area contributed by atoms with Crippen molar-refractivity contribution in [3.8, 4) is 0 Å². The monoisotopic (exact) mass is 327 g/mol. The van der Waals surface area contributed by atoms with Gasteiger partial charge in [0.15, 0.2) is 0 Å². The summed E-state index contributed by atoms with van der Waals surface area (Å²) in [6, 6.07) is 1.53. The largest absolute Gasteiger partial charge is 0.383 e. The van der Waals surface area contributed by atoms with Crippen LogP contribution in [-0.4, -0.2) is 28.2 Å². The molecule has 0 saturated heterocycles. The number of ether oxygens (including phenoxy) is 1. The minimum absolute atomic E-state index is 0.191. The molecule has 92 valence electrons. The first kappa shape index (κ1) is 14.1. The van der Waals surface area contributed by atoms with Gasteiger partial charge >= 0.3 is 0 Å². The first-order valence-electron chi connectivity index (χ1n) is 4.75. The lowest BCUT2D eigenvalue weighted by atomic mass is 10.3. The fraction of sp³-hybridized carbons (Fsp3) is 0.556. The van der Waals surface area contributed by atoms with E-state index in [9.17, 15) is 8.42 Å². The number of halogens is 1. The van der Waals surface area contributed by atoms with E-state index in [1.54, 1.807) is 18.6 Å². The van der Waals surface area contributed by atoms with E-state index in [2.05, 4.69) is 20.7 Å². The molecule has 0 aromatic carbocycles. The Balaban J connectivity index is 2.83. The van der Waals surface area contributed by atoms with Crippen molar-refractivity contribution in [3.05, 3.63) is 15.9 Å². The lowest BCUT2D eigenvalue weighted by molar-refractivity contribution is 0.173. The highest BCUT2D eigenvalue weighted by Crippen LogP contribution is 2.27. The van der Waals surface area contributed by atoms with Crippen LogP contribution in [0.3, 0.4) is 0 Å². The minimum atomic E-state index is -3.44. The highest BCUT2D eigenvalue weighted by molar-refractivity contribution is 9.10. The Morgan fingerprint density at radius 2 is 2.31 bits per heavy atom. The average Bonchev–Trinajstić information content (AvgIpc) is 2.64.